The first-order valence-corrected chi connectivity index (χ1v) is 7.15. The number of hydrogen-bond donors (Lipinski definition) is 2. The highest BCUT2D eigenvalue weighted by Crippen LogP contribution is 2.37. The second-order valence-corrected chi connectivity index (χ2v) is 5.62. The minimum Gasteiger partial charge on any atom is -0.493 e. The molecule has 0 fully saturated rings. The summed E-state index contributed by atoms with van der Waals surface area (Å²) in [7, 11) is 0. The first kappa shape index (κ1) is 13.5. The molecule has 1 heterocycles. The molecule has 5 heteroatoms. The highest BCUT2D eigenvalue weighted by molar-refractivity contribution is 9.10. The van der Waals surface area contributed by atoms with Crippen molar-refractivity contribution in [1.82, 2.24) is 5.43 Å². The van der Waals surface area contributed by atoms with E-state index in [1.54, 1.807) is 12.1 Å². The topological polar surface area (TPSA) is 47.3 Å². The van der Waals surface area contributed by atoms with Crippen molar-refractivity contribution in [2.75, 3.05) is 6.61 Å². The van der Waals surface area contributed by atoms with Crippen molar-refractivity contribution in [3.63, 3.8) is 0 Å². The second kappa shape index (κ2) is 5.52. The van der Waals surface area contributed by atoms with E-state index >= 15 is 0 Å². The molecule has 1 atom stereocenters. The van der Waals surface area contributed by atoms with Crippen molar-refractivity contribution in [3.05, 3.63) is 63.4 Å². The standard InChI is InChI=1S/C15H14BrFN2O/c16-10-4-5-13(17)12(8-10)14(19-18)11-3-1-2-9-6-7-20-15(9)11/h1-5,8,14,19H,6-7,18H2. The van der Waals surface area contributed by atoms with Crippen LogP contribution in [0.1, 0.15) is 22.7 Å². The molecule has 20 heavy (non-hydrogen) atoms. The van der Waals surface area contributed by atoms with Crippen molar-refractivity contribution in [3.8, 4) is 5.75 Å². The van der Waals surface area contributed by atoms with Gasteiger partial charge in [-0.3, -0.25) is 5.84 Å². The van der Waals surface area contributed by atoms with E-state index in [4.69, 9.17) is 10.6 Å². The quantitative estimate of drug-likeness (QED) is 0.668. The Kier molecular flexibility index (Phi) is 3.74. The second-order valence-electron chi connectivity index (χ2n) is 4.70. The van der Waals surface area contributed by atoms with Crippen LogP contribution in [0.15, 0.2) is 40.9 Å². The Balaban J connectivity index is 2.11. The van der Waals surface area contributed by atoms with Gasteiger partial charge in [-0.15, -0.1) is 0 Å². The van der Waals surface area contributed by atoms with Crippen LogP contribution in [-0.4, -0.2) is 6.61 Å². The smallest absolute Gasteiger partial charge is 0.128 e. The molecule has 3 rings (SSSR count). The summed E-state index contributed by atoms with van der Waals surface area (Å²) in [5.74, 6) is 6.18. The van der Waals surface area contributed by atoms with Gasteiger partial charge in [0, 0.05) is 22.0 Å². The van der Waals surface area contributed by atoms with E-state index in [0.29, 0.717) is 12.2 Å². The fraction of sp³-hybridized carbons (Fsp3) is 0.200. The molecule has 2 aromatic carbocycles. The Morgan fingerprint density at radius 2 is 2.10 bits per heavy atom. The zero-order valence-electron chi connectivity index (χ0n) is 10.7. The van der Waals surface area contributed by atoms with Crippen LogP contribution in [0, 0.1) is 5.82 Å². The Bertz CT molecular complexity index is 648. The fourth-order valence-corrected chi connectivity index (χ4v) is 2.93. The van der Waals surface area contributed by atoms with Gasteiger partial charge < -0.3 is 4.74 Å². The number of hydrazine groups is 1. The number of para-hydroxylation sites is 1. The summed E-state index contributed by atoms with van der Waals surface area (Å²) in [4.78, 5) is 0. The minimum atomic E-state index is -0.444. The largest absolute Gasteiger partial charge is 0.493 e. The summed E-state index contributed by atoms with van der Waals surface area (Å²) in [6.07, 6.45) is 0.876. The van der Waals surface area contributed by atoms with Crippen molar-refractivity contribution < 1.29 is 9.13 Å². The minimum absolute atomic E-state index is 0.299. The van der Waals surface area contributed by atoms with Crippen LogP contribution in [0.2, 0.25) is 0 Å². The number of fused-ring (bicyclic) bond motifs is 1. The molecule has 3 N–H and O–H groups in total. The van der Waals surface area contributed by atoms with Crippen molar-refractivity contribution in [1.29, 1.82) is 0 Å². The molecule has 0 saturated heterocycles. The molecule has 1 aliphatic rings. The van der Waals surface area contributed by atoms with Gasteiger partial charge in [-0.2, -0.15) is 0 Å². The van der Waals surface area contributed by atoms with Crippen LogP contribution in [0.4, 0.5) is 4.39 Å². The maximum Gasteiger partial charge on any atom is 0.128 e. The first-order chi connectivity index (χ1) is 9.70. The van der Waals surface area contributed by atoms with E-state index in [1.165, 1.54) is 6.07 Å². The zero-order chi connectivity index (χ0) is 14.1. The molecule has 0 aromatic heterocycles. The van der Waals surface area contributed by atoms with Gasteiger partial charge in [-0.25, -0.2) is 9.82 Å². The molecule has 1 aliphatic heterocycles. The number of halogens is 2. The lowest BCUT2D eigenvalue weighted by molar-refractivity contribution is 0.350. The summed E-state index contributed by atoms with van der Waals surface area (Å²) in [6, 6.07) is 10.3. The van der Waals surface area contributed by atoms with Crippen molar-refractivity contribution >= 4 is 15.9 Å². The molecule has 2 aromatic rings. The van der Waals surface area contributed by atoms with Crippen LogP contribution in [-0.2, 0) is 6.42 Å². The Hall–Kier alpha value is -1.43. The lowest BCUT2D eigenvalue weighted by Gasteiger charge is -2.20. The molecule has 0 radical (unpaired) electrons. The first-order valence-electron chi connectivity index (χ1n) is 6.36. The van der Waals surface area contributed by atoms with Gasteiger partial charge in [-0.05, 0) is 23.8 Å². The maximum absolute atomic E-state index is 14.1. The van der Waals surface area contributed by atoms with Crippen molar-refractivity contribution in [2.45, 2.75) is 12.5 Å². The Morgan fingerprint density at radius 1 is 1.25 bits per heavy atom. The predicted octanol–water partition coefficient (Wildman–Crippen LogP) is 3.08. The number of nitrogens with two attached hydrogens (primary N) is 1. The molecular formula is C15H14BrFN2O. The molecule has 104 valence electrons. The zero-order valence-corrected chi connectivity index (χ0v) is 12.3. The average molecular weight is 337 g/mol. The highest BCUT2D eigenvalue weighted by atomic mass is 79.9. The van der Waals surface area contributed by atoms with Gasteiger partial charge in [0.05, 0.1) is 12.6 Å². The molecule has 0 aliphatic carbocycles. The van der Waals surface area contributed by atoms with Gasteiger partial charge in [0.2, 0.25) is 0 Å². The average Bonchev–Trinajstić information content (AvgIpc) is 2.92. The molecule has 0 spiro atoms. The third-order valence-corrected chi connectivity index (χ3v) is 3.98. The lowest BCUT2D eigenvalue weighted by atomic mass is 9.96. The molecule has 0 saturated carbocycles. The molecule has 1 unspecified atom stereocenters. The maximum atomic E-state index is 14.1. The van der Waals surface area contributed by atoms with Gasteiger partial charge in [-0.1, -0.05) is 34.1 Å². The van der Waals surface area contributed by atoms with Crippen LogP contribution < -0.4 is 16.0 Å². The number of rotatable bonds is 3. The van der Waals surface area contributed by atoms with Gasteiger partial charge in [0.15, 0.2) is 0 Å². The van der Waals surface area contributed by atoms with Crippen LogP contribution in [0.3, 0.4) is 0 Å². The number of hydrogen-bond acceptors (Lipinski definition) is 3. The SMILES string of the molecule is NNC(c1cc(Br)ccc1F)c1cccc2c1OCC2. The van der Waals surface area contributed by atoms with E-state index < -0.39 is 6.04 Å². The molecular weight excluding hydrogens is 323 g/mol. The molecule has 0 amide bonds. The van der Waals surface area contributed by atoms with Gasteiger partial charge in [0.25, 0.3) is 0 Å². The monoisotopic (exact) mass is 336 g/mol. The summed E-state index contributed by atoms with van der Waals surface area (Å²) in [5, 5.41) is 0. The summed E-state index contributed by atoms with van der Waals surface area (Å²) in [5.41, 5.74) is 5.18. The van der Waals surface area contributed by atoms with Crippen LogP contribution >= 0.6 is 15.9 Å². The summed E-state index contributed by atoms with van der Waals surface area (Å²) < 4.78 is 20.6. The number of nitrogens with one attached hydrogen (secondary N) is 1. The van der Waals surface area contributed by atoms with Crippen molar-refractivity contribution in [2.24, 2.45) is 5.84 Å². The number of ether oxygens (including phenoxy) is 1. The van der Waals surface area contributed by atoms with Gasteiger partial charge >= 0.3 is 0 Å². The highest BCUT2D eigenvalue weighted by Gasteiger charge is 2.24. The number of benzene rings is 2. The molecule has 0 bridgehead atoms. The van der Waals surface area contributed by atoms with E-state index in [2.05, 4.69) is 21.4 Å². The Labute approximate surface area is 125 Å². The summed E-state index contributed by atoms with van der Waals surface area (Å²) in [6.45, 7) is 0.657. The van der Waals surface area contributed by atoms with E-state index in [0.717, 1.165) is 27.8 Å². The van der Waals surface area contributed by atoms with Crippen LogP contribution in [0.25, 0.3) is 0 Å². The van der Waals surface area contributed by atoms with E-state index in [-0.39, 0.29) is 5.82 Å². The predicted molar refractivity (Wildman–Crippen MR) is 78.9 cm³/mol. The van der Waals surface area contributed by atoms with Crippen LogP contribution in [0.5, 0.6) is 5.75 Å². The third kappa shape index (κ3) is 2.32. The normalized spacial score (nSPS) is 14.8. The van der Waals surface area contributed by atoms with E-state index in [1.807, 2.05) is 18.2 Å². The van der Waals surface area contributed by atoms with Gasteiger partial charge in [0.1, 0.15) is 11.6 Å². The molecule has 3 nitrogen and oxygen atoms in total. The lowest BCUT2D eigenvalue weighted by Crippen LogP contribution is -2.29. The third-order valence-electron chi connectivity index (χ3n) is 3.49. The Morgan fingerprint density at radius 3 is 2.90 bits per heavy atom. The van der Waals surface area contributed by atoms with E-state index in [9.17, 15) is 4.39 Å². The fourth-order valence-electron chi connectivity index (χ4n) is 2.55. The summed E-state index contributed by atoms with van der Waals surface area (Å²) >= 11 is 3.36.